The Kier molecular flexibility index (Phi) is 9.60. The summed E-state index contributed by atoms with van der Waals surface area (Å²) in [5.74, 6) is -0.00621. The smallest absolute Gasteiger partial charge is 0.257 e. The van der Waals surface area contributed by atoms with Crippen molar-refractivity contribution >= 4 is 40.0 Å². The highest BCUT2D eigenvalue weighted by Crippen LogP contribution is 2.38. The number of carbonyl (C=O) groups is 2. The van der Waals surface area contributed by atoms with Crippen LogP contribution in [-0.2, 0) is 6.54 Å². The van der Waals surface area contributed by atoms with Crippen LogP contribution in [0.1, 0.15) is 31.8 Å². The Morgan fingerprint density at radius 2 is 2.03 bits per heavy atom. The summed E-state index contributed by atoms with van der Waals surface area (Å²) in [6.07, 6.45) is 0.602. The van der Waals surface area contributed by atoms with Crippen LogP contribution in [0.2, 0.25) is 0 Å². The Balaban J connectivity index is 1.49. The molecule has 3 aromatic rings. The second kappa shape index (κ2) is 12.9. The summed E-state index contributed by atoms with van der Waals surface area (Å²) >= 11 is 2.82. The summed E-state index contributed by atoms with van der Waals surface area (Å²) in [6.45, 7) is 4.11. The maximum Gasteiger partial charge on any atom is 0.257 e. The molecular formula is C28H34FN5O3S2. The third kappa shape index (κ3) is 7.57. The van der Waals surface area contributed by atoms with Gasteiger partial charge in [-0.05, 0) is 63.5 Å². The summed E-state index contributed by atoms with van der Waals surface area (Å²) in [5.41, 5.74) is 2.96. The molecule has 1 N–H and O–H groups in total. The van der Waals surface area contributed by atoms with E-state index in [-0.39, 0.29) is 18.4 Å². The van der Waals surface area contributed by atoms with Crippen LogP contribution < -0.4 is 10.1 Å². The number of thiazole rings is 1. The number of hydrogen-bond donors (Lipinski definition) is 1. The first-order valence-corrected chi connectivity index (χ1v) is 14.3. The number of likely N-dealkylation sites (N-methyl/N-ethyl adjacent to an activating group) is 1. The molecular weight excluding hydrogens is 537 g/mol. The number of hydrogen-bond acceptors (Lipinski definition) is 8. The Hall–Kier alpha value is -2.99. The van der Waals surface area contributed by atoms with Crippen molar-refractivity contribution in [2.45, 2.75) is 28.7 Å². The molecule has 0 aliphatic carbocycles. The Morgan fingerprint density at radius 3 is 2.77 bits per heavy atom. The molecule has 208 valence electrons. The van der Waals surface area contributed by atoms with Crippen LogP contribution in [0.25, 0.3) is 0 Å². The van der Waals surface area contributed by atoms with Gasteiger partial charge in [0, 0.05) is 36.6 Å². The maximum absolute atomic E-state index is 14.4. The number of amides is 2. The van der Waals surface area contributed by atoms with Crippen molar-refractivity contribution < 1.29 is 18.7 Å². The number of aromatic nitrogens is 1. The van der Waals surface area contributed by atoms with E-state index in [0.717, 1.165) is 26.8 Å². The molecule has 1 fully saturated rings. The molecule has 8 nitrogen and oxygen atoms in total. The fraction of sp³-hybridized carbons (Fsp3) is 0.393. The molecule has 1 aromatic heterocycles. The molecule has 1 atom stereocenters. The van der Waals surface area contributed by atoms with E-state index in [1.54, 1.807) is 23.2 Å². The number of halogens is 1. The molecule has 2 amide bonds. The summed E-state index contributed by atoms with van der Waals surface area (Å²) in [7, 11) is 7.35. The van der Waals surface area contributed by atoms with Crippen molar-refractivity contribution in [1.29, 1.82) is 0 Å². The third-order valence-corrected chi connectivity index (χ3v) is 8.47. The number of rotatable bonds is 8. The quantitative estimate of drug-likeness (QED) is 0.422. The molecule has 2 aromatic carbocycles. The fourth-order valence-electron chi connectivity index (χ4n) is 4.39. The lowest BCUT2D eigenvalue weighted by Crippen LogP contribution is -2.36. The van der Waals surface area contributed by atoms with Gasteiger partial charge in [-0.3, -0.25) is 14.9 Å². The number of nitrogens with one attached hydrogen (secondary N) is 1. The molecule has 0 spiro atoms. The van der Waals surface area contributed by atoms with Crippen LogP contribution in [0.5, 0.6) is 5.75 Å². The highest BCUT2D eigenvalue weighted by Gasteiger charge is 2.27. The number of aryl methyl sites for hydroxylation is 1. The monoisotopic (exact) mass is 571 g/mol. The van der Waals surface area contributed by atoms with Crippen molar-refractivity contribution in [2.75, 3.05) is 59.7 Å². The average molecular weight is 572 g/mol. The first kappa shape index (κ1) is 29.0. The molecule has 11 heteroatoms. The maximum atomic E-state index is 14.4. The predicted octanol–water partition coefficient (Wildman–Crippen LogP) is 4.65. The largest absolute Gasteiger partial charge is 0.496 e. The van der Waals surface area contributed by atoms with Gasteiger partial charge in [0.25, 0.3) is 11.8 Å². The van der Waals surface area contributed by atoms with Gasteiger partial charge in [-0.1, -0.05) is 35.2 Å². The number of methoxy groups -OCH3 is 1. The van der Waals surface area contributed by atoms with Crippen LogP contribution in [0.3, 0.4) is 0 Å². The second-order valence-electron chi connectivity index (χ2n) is 9.91. The predicted molar refractivity (Wildman–Crippen MR) is 154 cm³/mol. The second-order valence-corrected chi connectivity index (χ2v) is 12.3. The van der Waals surface area contributed by atoms with Gasteiger partial charge in [0.1, 0.15) is 11.9 Å². The average Bonchev–Trinajstić information content (AvgIpc) is 3.25. The van der Waals surface area contributed by atoms with Gasteiger partial charge in [-0.2, -0.15) is 0 Å². The first-order chi connectivity index (χ1) is 18.6. The molecule has 1 aliphatic rings. The van der Waals surface area contributed by atoms with Gasteiger partial charge in [0.05, 0.1) is 29.6 Å². The van der Waals surface area contributed by atoms with E-state index in [9.17, 15) is 14.0 Å². The summed E-state index contributed by atoms with van der Waals surface area (Å²) < 4.78 is 20.8. The first-order valence-electron chi connectivity index (χ1n) is 12.6. The van der Waals surface area contributed by atoms with Crippen LogP contribution in [-0.4, -0.2) is 92.1 Å². The molecule has 2 heterocycles. The number of carbonyl (C=O) groups excluding carboxylic acids is 2. The van der Waals surface area contributed by atoms with E-state index in [2.05, 4.69) is 10.3 Å². The Morgan fingerprint density at radius 1 is 1.23 bits per heavy atom. The lowest BCUT2D eigenvalue weighted by atomic mass is 10.1. The number of anilines is 1. The summed E-state index contributed by atoms with van der Waals surface area (Å²) in [4.78, 5) is 37.0. The zero-order valence-corrected chi connectivity index (χ0v) is 24.5. The van der Waals surface area contributed by atoms with Crippen molar-refractivity contribution in [3.63, 3.8) is 0 Å². The van der Waals surface area contributed by atoms with Crippen molar-refractivity contribution in [1.82, 2.24) is 19.7 Å². The number of benzene rings is 2. The molecule has 4 rings (SSSR count). The topological polar surface area (TPSA) is 78.0 Å². The van der Waals surface area contributed by atoms with E-state index < -0.39 is 6.17 Å². The van der Waals surface area contributed by atoms with Gasteiger partial charge < -0.3 is 19.4 Å². The lowest BCUT2D eigenvalue weighted by molar-refractivity contribution is 0.0729. The molecule has 0 saturated carbocycles. The molecule has 0 radical (unpaired) electrons. The SMILES string of the molecule is COc1cc(C)c(Sc2cnc(NC(=O)c3cccc(CN(C)C)c3)s2)cc1C(=O)N1CCN(C)CC(F)C1. The zero-order chi connectivity index (χ0) is 28.1. The van der Waals surface area contributed by atoms with E-state index in [0.29, 0.717) is 41.6 Å². The lowest BCUT2D eigenvalue weighted by Gasteiger charge is -2.23. The third-order valence-electron chi connectivity index (χ3n) is 6.30. The Labute approximate surface area is 237 Å². The van der Waals surface area contributed by atoms with E-state index in [1.807, 2.05) is 62.1 Å². The van der Waals surface area contributed by atoms with E-state index in [4.69, 9.17) is 4.74 Å². The Bertz CT molecular complexity index is 1330. The normalized spacial score (nSPS) is 16.3. The molecule has 1 saturated heterocycles. The number of nitrogens with zero attached hydrogens (tertiary/aromatic N) is 4. The minimum absolute atomic E-state index is 0.0542. The minimum atomic E-state index is -1.10. The van der Waals surface area contributed by atoms with Crippen molar-refractivity contribution in [3.05, 3.63) is 64.8 Å². The van der Waals surface area contributed by atoms with Crippen LogP contribution in [0.4, 0.5) is 9.52 Å². The van der Waals surface area contributed by atoms with Crippen molar-refractivity contribution in [3.8, 4) is 5.75 Å². The van der Waals surface area contributed by atoms with Gasteiger partial charge in [0.2, 0.25) is 0 Å². The summed E-state index contributed by atoms with van der Waals surface area (Å²) in [6, 6.07) is 11.2. The standard InChI is InChI=1S/C28H34FN5O3S2/c1-18-11-23(37-5)22(27(36)34-10-9-33(4)16-21(29)17-34)13-24(18)38-25-14-30-28(39-25)31-26(35)20-8-6-7-19(12-20)15-32(2)3/h6-8,11-14,21H,9-10,15-17H2,1-5H3,(H,30,31,35). The minimum Gasteiger partial charge on any atom is -0.496 e. The molecule has 1 unspecified atom stereocenters. The number of ether oxygens (including phenoxy) is 1. The van der Waals surface area contributed by atoms with Crippen LogP contribution in [0.15, 0.2) is 51.7 Å². The van der Waals surface area contributed by atoms with E-state index in [1.165, 1.54) is 30.2 Å². The van der Waals surface area contributed by atoms with Gasteiger partial charge in [0.15, 0.2) is 5.13 Å². The van der Waals surface area contributed by atoms with Crippen LogP contribution >= 0.6 is 23.1 Å². The highest BCUT2D eigenvalue weighted by atomic mass is 32.2. The molecule has 0 bridgehead atoms. The zero-order valence-electron chi connectivity index (χ0n) is 22.9. The molecule has 1 aliphatic heterocycles. The van der Waals surface area contributed by atoms with Gasteiger partial charge in [-0.15, -0.1) is 0 Å². The highest BCUT2D eigenvalue weighted by molar-refractivity contribution is 8.01. The van der Waals surface area contributed by atoms with Crippen LogP contribution in [0, 0.1) is 6.92 Å². The van der Waals surface area contributed by atoms with Gasteiger partial charge >= 0.3 is 0 Å². The van der Waals surface area contributed by atoms with E-state index >= 15 is 0 Å². The van der Waals surface area contributed by atoms with Crippen molar-refractivity contribution in [2.24, 2.45) is 0 Å². The molecule has 39 heavy (non-hydrogen) atoms. The number of alkyl halides is 1. The fourth-order valence-corrected chi connectivity index (χ4v) is 6.33. The summed E-state index contributed by atoms with van der Waals surface area (Å²) in [5, 5.41) is 3.38. The van der Waals surface area contributed by atoms with Gasteiger partial charge in [-0.25, -0.2) is 9.37 Å².